The minimum atomic E-state index is 0.358. The normalized spacial score (nSPS) is 41.2. The molecule has 0 amide bonds. The van der Waals surface area contributed by atoms with Crippen molar-refractivity contribution in [3.63, 3.8) is 0 Å². The van der Waals surface area contributed by atoms with Crippen molar-refractivity contribution in [1.29, 1.82) is 0 Å². The van der Waals surface area contributed by atoms with Crippen LogP contribution in [0.1, 0.15) is 33.1 Å². The molecule has 1 heteroatoms. The van der Waals surface area contributed by atoms with Crippen molar-refractivity contribution in [3.05, 3.63) is 0 Å². The molecule has 1 saturated carbocycles. The SMILES string of the molecule is C[C@H]1CC[C@H](C=O)[C@@H](C)C1. The first-order chi connectivity index (χ1) is 4.74. The Balaban J connectivity index is 2.43. The van der Waals surface area contributed by atoms with Gasteiger partial charge in [0.25, 0.3) is 0 Å². The van der Waals surface area contributed by atoms with Gasteiger partial charge in [0, 0.05) is 5.92 Å². The molecule has 0 aromatic heterocycles. The first-order valence-electron chi connectivity index (χ1n) is 4.19. The molecule has 0 saturated heterocycles. The van der Waals surface area contributed by atoms with Crippen molar-refractivity contribution < 1.29 is 4.79 Å². The summed E-state index contributed by atoms with van der Waals surface area (Å²) in [4.78, 5) is 10.5. The van der Waals surface area contributed by atoms with Crippen LogP contribution in [0.2, 0.25) is 0 Å². The van der Waals surface area contributed by atoms with Gasteiger partial charge < -0.3 is 4.79 Å². The summed E-state index contributed by atoms with van der Waals surface area (Å²) < 4.78 is 0. The zero-order chi connectivity index (χ0) is 7.56. The molecule has 0 aromatic rings. The standard InChI is InChI=1S/C9H16O/c1-7-3-4-9(6-10)8(2)5-7/h6-9H,3-5H2,1-2H3/t7-,8-,9+/m0/s1. The molecule has 10 heavy (non-hydrogen) atoms. The van der Waals surface area contributed by atoms with Gasteiger partial charge in [-0.25, -0.2) is 0 Å². The second-order valence-corrected chi connectivity index (χ2v) is 3.70. The Labute approximate surface area is 62.8 Å². The molecule has 0 aliphatic heterocycles. The van der Waals surface area contributed by atoms with Crippen LogP contribution in [0.3, 0.4) is 0 Å². The molecule has 1 nitrogen and oxygen atoms in total. The van der Waals surface area contributed by atoms with E-state index in [1.54, 1.807) is 0 Å². The first-order valence-corrected chi connectivity index (χ1v) is 4.19. The third-order valence-corrected chi connectivity index (χ3v) is 2.67. The van der Waals surface area contributed by atoms with E-state index in [0.29, 0.717) is 11.8 Å². The largest absolute Gasteiger partial charge is 0.303 e. The maximum absolute atomic E-state index is 10.5. The summed E-state index contributed by atoms with van der Waals surface area (Å²) in [5.74, 6) is 1.82. The molecule has 0 spiro atoms. The van der Waals surface area contributed by atoms with Gasteiger partial charge >= 0.3 is 0 Å². The van der Waals surface area contributed by atoms with Gasteiger partial charge in [-0.2, -0.15) is 0 Å². The highest BCUT2D eigenvalue weighted by Gasteiger charge is 2.24. The summed E-state index contributed by atoms with van der Waals surface area (Å²) in [7, 11) is 0. The van der Waals surface area contributed by atoms with Crippen LogP contribution in [-0.4, -0.2) is 6.29 Å². The Hall–Kier alpha value is -0.330. The predicted molar refractivity (Wildman–Crippen MR) is 41.7 cm³/mol. The molecule has 0 bridgehead atoms. The van der Waals surface area contributed by atoms with Crippen molar-refractivity contribution in [3.8, 4) is 0 Å². The van der Waals surface area contributed by atoms with Gasteiger partial charge in [0.05, 0.1) is 0 Å². The lowest BCUT2D eigenvalue weighted by atomic mass is 9.76. The topological polar surface area (TPSA) is 17.1 Å². The third kappa shape index (κ3) is 1.59. The molecule has 58 valence electrons. The Morgan fingerprint density at radius 1 is 1.30 bits per heavy atom. The van der Waals surface area contributed by atoms with Gasteiger partial charge in [0.1, 0.15) is 6.29 Å². The fourth-order valence-electron chi connectivity index (χ4n) is 1.89. The quantitative estimate of drug-likeness (QED) is 0.510. The third-order valence-electron chi connectivity index (χ3n) is 2.67. The van der Waals surface area contributed by atoms with Crippen LogP contribution in [0.25, 0.3) is 0 Å². The van der Waals surface area contributed by atoms with Crippen molar-refractivity contribution >= 4 is 6.29 Å². The van der Waals surface area contributed by atoms with Crippen molar-refractivity contribution in [2.24, 2.45) is 17.8 Å². The second-order valence-electron chi connectivity index (χ2n) is 3.70. The predicted octanol–water partition coefficient (Wildman–Crippen LogP) is 2.26. The summed E-state index contributed by atoms with van der Waals surface area (Å²) in [5, 5.41) is 0. The Bertz CT molecular complexity index is 120. The number of aldehydes is 1. The zero-order valence-corrected chi connectivity index (χ0v) is 6.84. The first kappa shape index (κ1) is 7.77. The summed E-state index contributed by atoms with van der Waals surface area (Å²) >= 11 is 0. The highest BCUT2D eigenvalue weighted by molar-refractivity contribution is 5.54. The molecule has 0 unspecified atom stereocenters. The lowest BCUT2D eigenvalue weighted by Gasteiger charge is -2.28. The zero-order valence-electron chi connectivity index (χ0n) is 6.84. The van der Waals surface area contributed by atoms with Gasteiger partial charge in [-0.1, -0.05) is 20.3 Å². The van der Waals surface area contributed by atoms with E-state index in [1.807, 2.05) is 0 Å². The Kier molecular flexibility index (Phi) is 2.47. The summed E-state index contributed by atoms with van der Waals surface area (Å²) in [6, 6.07) is 0. The van der Waals surface area contributed by atoms with Crippen LogP contribution in [0.5, 0.6) is 0 Å². The van der Waals surface area contributed by atoms with Gasteiger partial charge in [0.2, 0.25) is 0 Å². The van der Waals surface area contributed by atoms with Crippen molar-refractivity contribution in [1.82, 2.24) is 0 Å². The summed E-state index contributed by atoms with van der Waals surface area (Å²) in [6.45, 7) is 4.46. The number of hydrogen-bond donors (Lipinski definition) is 0. The van der Waals surface area contributed by atoms with Crippen LogP contribution < -0.4 is 0 Å². The van der Waals surface area contributed by atoms with Crippen LogP contribution in [-0.2, 0) is 4.79 Å². The van der Waals surface area contributed by atoms with E-state index in [4.69, 9.17) is 0 Å². The number of rotatable bonds is 1. The number of carbonyl (C=O) groups is 1. The molecule has 3 atom stereocenters. The number of carbonyl (C=O) groups excluding carboxylic acids is 1. The summed E-state index contributed by atoms with van der Waals surface area (Å²) in [6.07, 6.45) is 4.74. The van der Waals surface area contributed by atoms with E-state index < -0.39 is 0 Å². The van der Waals surface area contributed by atoms with Gasteiger partial charge in [-0.05, 0) is 24.7 Å². The minimum absolute atomic E-state index is 0.358. The maximum Gasteiger partial charge on any atom is 0.123 e. The average molecular weight is 140 g/mol. The Morgan fingerprint density at radius 2 is 2.00 bits per heavy atom. The molecule has 1 aliphatic carbocycles. The Morgan fingerprint density at radius 3 is 2.50 bits per heavy atom. The van der Waals surface area contributed by atoms with Gasteiger partial charge in [-0.15, -0.1) is 0 Å². The molecule has 0 aromatic carbocycles. The second kappa shape index (κ2) is 3.18. The van der Waals surface area contributed by atoms with E-state index in [0.717, 1.165) is 18.6 Å². The van der Waals surface area contributed by atoms with Crippen LogP contribution in [0.4, 0.5) is 0 Å². The number of hydrogen-bond acceptors (Lipinski definition) is 1. The lowest BCUT2D eigenvalue weighted by molar-refractivity contribution is -0.113. The smallest absolute Gasteiger partial charge is 0.123 e. The fraction of sp³-hybridized carbons (Fsp3) is 0.889. The molecule has 1 aliphatic rings. The molecular formula is C9H16O. The van der Waals surface area contributed by atoms with E-state index in [1.165, 1.54) is 12.8 Å². The highest BCUT2D eigenvalue weighted by Crippen LogP contribution is 2.31. The fourth-order valence-corrected chi connectivity index (χ4v) is 1.89. The molecule has 0 heterocycles. The molecule has 1 fully saturated rings. The van der Waals surface area contributed by atoms with E-state index in [-0.39, 0.29) is 0 Å². The molecule has 0 radical (unpaired) electrons. The van der Waals surface area contributed by atoms with Crippen LogP contribution in [0.15, 0.2) is 0 Å². The van der Waals surface area contributed by atoms with E-state index in [2.05, 4.69) is 13.8 Å². The van der Waals surface area contributed by atoms with Crippen molar-refractivity contribution in [2.75, 3.05) is 0 Å². The average Bonchev–Trinajstić information content (AvgIpc) is 1.88. The van der Waals surface area contributed by atoms with E-state index in [9.17, 15) is 4.79 Å². The minimum Gasteiger partial charge on any atom is -0.303 e. The summed E-state index contributed by atoms with van der Waals surface area (Å²) in [5.41, 5.74) is 0. The van der Waals surface area contributed by atoms with Crippen LogP contribution >= 0.6 is 0 Å². The van der Waals surface area contributed by atoms with E-state index >= 15 is 0 Å². The van der Waals surface area contributed by atoms with Crippen molar-refractivity contribution in [2.45, 2.75) is 33.1 Å². The monoisotopic (exact) mass is 140 g/mol. The van der Waals surface area contributed by atoms with Crippen LogP contribution in [0, 0.1) is 17.8 Å². The molecular weight excluding hydrogens is 124 g/mol. The van der Waals surface area contributed by atoms with Gasteiger partial charge in [0.15, 0.2) is 0 Å². The molecule has 0 N–H and O–H groups in total. The maximum atomic E-state index is 10.5. The molecule has 1 rings (SSSR count). The highest BCUT2D eigenvalue weighted by atomic mass is 16.1. The lowest BCUT2D eigenvalue weighted by Crippen LogP contribution is -2.22. The van der Waals surface area contributed by atoms with Gasteiger partial charge in [-0.3, -0.25) is 0 Å².